The van der Waals surface area contributed by atoms with Gasteiger partial charge in [-0.2, -0.15) is 0 Å². The molecule has 0 unspecified atom stereocenters. The van der Waals surface area contributed by atoms with E-state index in [-0.39, 0.29) is 23.9 Å². The minimum Gasteiger partial charge on any atom is -0.438 e. The first-order valence-electron chi connectivity index (χ1n) is 7.70. The molecule has 1 aromatic carbocycles. The van der Waals surface area contributed by atoms with Gasteiger partial charge >= 0.3 is 0 Å². The van der Waals surface area contributed by atoms with E-state index < -0.39 is 12.1 Å². The van der Waals surface area contributed by atoms with Crippen molar-refractivity contribution in [3.8, 4) is 0 Å². The number of likely N-dealkylation sites (tertiary alicyclic amines) is 1. The maximum Gasteiger partial charge on any atom is 0.291 e. The number of nitrogens with zero attached hydrogens (tertiary/aromatic N) is 2. The number of aryl methyl sites for hydroxylation is 1. The number of aromatic nitrogens is 1. The van der Waals surface area contributed by atoms with Gasteiger partial charge in [0.2, 0.25) is 5.76 Å². The molecule has 2 heterocycles. The molecule has 2 atom stereocenters. The van der Waals surface area contributed by atoms with Crippen LogP contribution in [0.4, 0.5) is 4.39 Å². The number of benzene rings is 1. The molecule has 0 aliphatic carbocycles. The van der Waals surface area contributed by atoms with E-state index in [2.05, 4.69) is 4.98 Å². The molecule has 2 aromatic rings. The van der Waals surface area contributed by atoms with Crippen LogP contribution in [-0.4, -0.2) is 39.6 Å². The summed E-state index contributed by atoms with van der Waals surface area (Å²) in [5, 5.41) is 10.3. The van der Waals surface area contributed by atoms with Gasteiger partial charge in [-0.05, 0) is 37.8 Å². The second-order valence-corrected chi connectivity index (χ2v) is 5.84. The van der Waals surface area contributed by atoms with E-state index in [1.165, 1.54) is 12.5 Å². The lowest BCUT2D eigenvalue weighted by molar-refractivity contribution is 0.00971. The van der Waals surface area contributed by atoms with E-state index in [9.17, 15) is 14.3 Å². The molecule has 0 spiro atoms. The van der Waals surface area contributed by atoms with Gasteiger partial charge in [0.25, 0.3) is 5.91 Å². The molecule has 1 amide bonds. The lowest BCUT2D eigenvalue weighted by Crippen LogP contribution is -2.52. The van der Waals surface area contributed by atoms with Gasteiger partial charge in [-0.1, -0.05) is 18.2 Å². The predicted octanol–water partition coefficient (Wildman–Crippen LogP) is 2.33. The van der Waals surface area contributed by atoms with Gasteiger partial charge in [0.15, 0.2) is 6.39 Å². The number of carbonyl (C=O) groups excluding carboxylic acids is 1. The molecule has 0 saturated carbocycles. The van der Waals surface area contributed by atoms with Crippen molar-refractivity contribution < 1.29 is 18.7 Å². The van der Waals surface area contributed by atoms with Crippen molar-refractivity contribution in [2.45, 2.75) is 38.3 Å². The average Bonchev–Trinajstić information content (AvgIpc) is 2.96. The second kappa shape index (κ2) is 6.50. The van der Waals surface area contributed by atoms with E-state index in [1.807, 2.05) is 0 Å². The third kappa shape index (κ3) is 3.12. The monoisotopic (exact) mass is 318 g/mol. The number of oxazole rings is 1. The molecule has 1 fully saturated rings. The fourth-order valence-corrected chi connectivity index (χ4v) is 3.06. The molecule has 23 heavy (non-hydrogen) atoms. The average molecular weight is 318 g/mol. The zero-order valence-corrected chi connectivity index (χ0v) is 12.9. The summed E-state index contributed by atoms with van der Waals surface area (Å²) in [6, 6.07) is 5.96. The Hall–Kier alpha value is -2.21. The van der Waals surface area contributed by atoms with Crippen molar-refractivity contribution in [1.82, 2.24) is 9.88 Å². The van der Waals surface area contributed by atoms with Crippen molar-refractivity contribution >= 4 is 5.91 Å². The summed E-state index contributed by atoms with van der Waals surface area (Å²) in [6.07, 6.45) is 2.11. The van der Waals surface area contributed by atoms with Crippen molar-refractivity contribution in [1.29, 1.82) is 0 Å². The normalized spacial score (nSPS) is 21.4. The van der Waals surface area contributed by atoms with Crippen LogP contribution >= 0.6 is 0 Å². The number of aliphatic hydroxyl groups excluding tert-OH is 1. The fraction of sp³-hybridized carbons (Fsp3) is 0.412. The van der Waals surface area contributed by atoms with Crippen LogP contribution in [0, 0.1) is 12.7 Å². The van der Waals surface area contributed by atoms with Gasteiger partial charge in [0.1, 0.15) is 5.82 Å². The van der Waals surface area contributed by atoms with Crippen LogP contribution in [0.15, 0.2) is 35.1 Å². The van der Waals surface area contributed by atoms with Gasteiger partial charge < -0.3 is 14.4 Å². The number of carbonyl (C=O) groups is 1. The molecular formula is C17H19FN2O3. The van der Waals surface area contributed by atoms with E-state index in [0.29, 0.717) is 30.6 Å². The summed E-state index contributed by atoms with van der Waals surface area (Å²) in [5.41, 5.74) is 1.00. The summed E-state index contributed by atoms with van der Waals surface area (Å²) in [7, 11) is 0. The number of hydrogen-bond donors (Lipinski definition) is 1. The standard InChI is InChI=1S/C17H19FN2O3/c1-11-16(23-10-19-11)17(22)20-8-4-7-15(21)14(20)9-12-5-2-3-6-13(12)18/h2-3,5-6,10,14-15,21H,4,7-9H2,1H3/t14-,15-/m0/s1. The predicted molar refractivity (Wildman–Crippen MR) is 81.4 cm³/mol. The summed E-state index contributed by atoms with van der Waals surface area (Å²) < 4.78 is 19.1. The SMILES string of the molecule is Cc1ncoc1C(=O)N1CCC[C@H](O)[C@@H]1Cc1ccccc1F. The molecule has 0 radical (unpaired) electrons. The number of piperidine rings is 1. The molecule has 0 bridgehead atoms. The quantitative estimate of drug-likeness (QED) is 0.943. The summed E-state index contributed by atoms with van der Waals surface area (Å²) in [6.45, 7) is 2.21. The zero-order chi connectivity index (χ0) is 16.4. The molecule has 1 aliphatic heterocycles. The Morgan fingerprint density at radius 2 is 2.26 bits per heavy atom. The number of amides is 1. The lowest BCUT2D eigenvalue weighted by atomic mass is 9.92. The van der Waals surface area contributed by atoms with Crippen LogP contribution in [0.1, 0.15) is 34.7 Å². The minimum absolute atomic E-state index is 0.178. The highest BCUT2D eigenvalue weighted by Gasteiger charge is 2.35. The number of aliphatic hydroxyl groups is 1. The van der Waals surface area contributed by atoms with Crippen LogP contribution in [-0.2, 0) is 6.42 Å². The maximum atomic E-state index is 13.9. The van der Waals surface area contributed by atoms with Gasteiger partial charge in [-0.3, -0.25) is 4.79 Å². The Labute approximate surface area is 133 Å². The number of hydrogen-bond acceptors (Lipinski definition) is 4. The minimum atomic E-state index is -0.685. The number of rotatable bonds is 3. The van der Waals surface area contributed by atoms with Gasteiger partial charge in [-0.15, -0.1) is 0 Å². The summed E-state index contributed by atoms with van der Waals surface area (Å²) in [4.78, 5) is 18.2. The Morgan fingerprint density at radius 1 is 1.48 bits per heavy atom. The van der Waals surface area contributed by atoms with E-state index in [0.717, 1.165) is 0 Å². The highest BCUT2D eigenvalue weighted by molar-refractivity contribution is 5.92. The van der Waals surface area contributed by atoms with Crippen molar-refractivity contribution in [2.24, 2.45) is 0 Å². The lowest BCUT2D eigenvalue weighted by Gasteiger charge is -2.38. The number of halogens is 1. The summed E-state index contributed by atoms with van der Waals surface area (Å²) in [5.74, 6) is -0.453. The first-order valence-corrected chi connectivity index (χ1v) is 7.70. The fourth-order valence-electron chi connectivity index (χ4n) is 3.06. The zero-order valence-electron chi connectivity index (χ0n) is 12.9. The first kappa shape index (κ1) is 15.7. The molecule has 1 aromatic heterocycles. The first-order chi connectivity index (χ1) is 11.1. The third-order valence-corrected chi connectivity index (χ3v) is 4.33. The van der Waals surface area contributed by atoms with Crippen molar-refractivity contribution in [3.05, 3.63) is 53.5 Å². The highest BCUT2D eigenvalue weighted by atomic mass is 19.1. The maximum absolute atomic E-state index is 13.9. The molecular weight excluding hydrogens is 299 g/mol. The van der Waals surface area contributed by atoms with Crippen LogP contribution in [0.3, 0.4) is 0 Å². The molecule has 3 rings (SSSR count). The Bertz CT molecular complexity index is 701. The van der Waals surface area contributed by atoms with Crippen LogP contribution in [0.2, 0.25) is 0 Å². The van der Waals surface area contributed by atoms with E-state index >= 15 is 0 Å². The van der Waals surface area contributed by atoms with Crippen molar-refractivity contribution in [3.63, 3.8) is 0 Å². The molecule has 6 heteroatoms. The van der Waals surface area contributed by atoms with Gasteiger partial charge in [0.05, 0.1) is 17.8 Å². The smallest absolute Gasteiger partial charge is 0.291 e. The third-order valence-electron chi connectivity index (χ3n) is 4.33. The second-order valence-electron chi connectivity index (χ2n) is 5.84. The molecule has 5 nitrogen and oxygen atoms in total. The van der Waals surface area contributed by atoms with Crippen LogP contribution < -0.4 is 0 Å². The Kier molecular flexibility index (Phi) is 4.43. The van der Waals surface area contributed by atoms with Crippen LogP contribution in [0.25, 0.3) is 0 Å². The summed E-state index contributed by atoms with van der Waals surface area (Å²) >= 11 is 0. The highest BCUT2D eigenvalue weighted by Crippen LogP contribution is 2.25. The molecule has 122 valence electrons. The Balaban J connectivity index is 1.87. The molecule has 1 aliphatic rings. The van der Waals surface area contributed by atoms with E-state index in [4.69, 9.17) is 4.42 Å². The molecule has 1 saturated heterocycles. The molecule has 1 N–H and O–H groups in total. The van der Waals surface area contributed by atoms with Gasteiger partial charge in [-0.25, -0.2) is 9.37 Å². The topological polar surface area (TPSA) is 66.6 Å². The van der Waals surface area contributed by atoms with Crippen LogP contribution in [0.5, 0.6) is 0 Å². The Morgan fingerprint density at radius 3 is 2.96 bits per heavy atom. The largest absolute Gasteiger partial charge is 0.438 e. The van der Waals surface area contributed by atoms with Gasteiger partial charge in [0, 0.05) is 6.54 Å². The van der Waals surface area contributed by atoms with E-state index in [1.54, 1.807) is 30.0 Å². The van der Waals surface area contributed by atoms with Crippen molar-refractivity contribution in [2.75, 3.05) is 6.54 Å².